The van der Waals surface area contributed by atoms with Crippen molar-refractivity contribution in [2.24, 2.45) is 0 Å². The number of barbiturate groups is 1. The van der Waals surface area contributed by atoms with E-state index in [0.29, 0.717) is 5.56 Å². The van der Waals surface area contributed by atoms with Gasteiger partial charge >= 0.3 is 6.03 Å². The number of nitrogens with one attached hydrogen (secondary N) is 1. The maximum Gasteiger partial charge on any atom is 0.331 e. The molecule has 0 spiro atoms. The summed E-state index contributed by atoms with van der Waals surface area (Å²) in [5.74, 6) is -0.978. The Kier molecular flexibility index (Phi) is 6.05. The molecule has 6 nitrogen and oxygen atoms in total. The summed E-state index contributed by atoms with van der Waals surface area (Å²) in [7, 11) is 0. The highest BCUT2D eigenvalue weighted by Gasteiger charge is 2.40. The van der Waals surface area contributed by atoms with E-state index in [4.69, 9.17) is 0 Å². The van der Waals surface area contributed by atoms with Gasteiger partial charge in [0, 0.05) is 17.2 Å². The molecule has 1 aliphatic carbocycles. The van der Waals surface area contributed by atoms with E-state index in [1.807, 2.05) is 53.7 Å². The van der Waals surface area contributed by atoms with Gasteiger partial charge in [0.05, 0.1) is 0 Å². The Morgan fingerprint density at radius 1 is 0.935 bits per heavy atom. The number of urea groups is 1. The van der Waals surface area contributed by atoms with Crippen LogP contribution in [0.15, 0.2) is 17.7 Å². The maximum atomic E-state index is 13.2. The van der Waals surface area contributed by atoms with E-state index in [2.05, 4.69) is 5.32 Å². The van der Waals surface area contributed by atoms with Gasteiger partial charge in [-0.05, 0) is 47.4 Å². The predicted octanol–water partition coefficient (Wildman–Crippen LogP) is 4.78. The summed E-state index contributed by atoms with van der Waals surface area (Å²) in [6.07, 6.45) is 6.11. The molecule has 0 aromatic heterocycles. The summed E-state index contributed by atoms with van der Waals surface area (Å²) in [6.45, 7) is 12.0. The molecule has 0 atom stereocenters. The number of phenols is 1. The molecule has 6 heteroatoms. The van der Waals surface area contributed by atoms with Gasteiger partial charge in [0.1, 0.15) is 11.3 Å². The smallest absolute Gasteiger partial charge is 0.331 e. The van der Waals surface area contributed by atoms with E-state index in [1.165, 1.54) is 4.90 Å². The molecular weight excluding hydrogens is 392 g/mol. The van der Waals surface area contributed by atoms with Crippen LogP contribution in [0.5, 0.6) is 5.75 Å². The third-order valence-electron chi connectivity index (χ3n) is 6.13. The lowest BCUT2D eigenvalue weighted by Gasteiger charge is -2.35. The van der Waals surface area contributed by atoms with Gasteiger partial charge in [-0.25, -0.2) is 4.79 Å². The quantitative estimate of drug-likeness (QED) is 0.526. The van der Waals surface area contributed by atoms with Crippen molar-refractivity contribution in [2.45, 2.75) is 90.5 Å². The molecule has 1 aromatic rings. The van der Waals surface area contributed by atoms with Gasteiger partial charge in [0.2, 0.25) is 0 Å². The third kappa shape index (κ3) is 4.68. The van der Waals surface area contributed by atoms with Gasteiger partial charge < -0.3 is 5.11 Å². The third-order valence-corrected chi connectivity index (χ3v) is 6.13. The second-order valence-corrected chi connectivity index (χ2v) is 10.7. The Morgan fingerprint density at radius 2 is 1.45 bits per heavy atom. The molecule has 2 aliphatic rings. The minimum absolute atomic E-state index is 0.0458. The molecule has 1 heterocycles. The van der Waals surface area contributed by atoms with E-state index in [1.54, 1.807) is 6.08 Å². The van der Waals surface area contributed by atoms with Gasteiger partial charge in [-0.15, -0.1) is 0 Å². The average Bonchev–Trinajstić information content (AvgIpc) is 2.65. The first kappa shape index (κ1) is 23.0. The van der Waals surface area contributed by atoms with Gasteiger partial charge in [0.15, 0.2) is 0 Å². The molecule has 0 radical (unpaired) electrons. The average molecular weight is 427 g/mol. The number of imide groups is 2. The van der Waals surface area contributed by atoms with Crippen LogP contribution in [0.1, 0.15) is 90.3 Å². The van der Waals surface area contributed by atoms with E-state index < -0.39 is 17.8 Å². The lowest BCUT2D eigenvalue weighted by molar-refractivity contribution is -0.132. The fourth-order valence-electron chi connectivity index (χ4n) is 4.39. The Hall–Kier alpha value is -2.63. The number of nitrogens with zero attached hydrogens (tertiary/aromatic N) is 1. The van der Waals surface area contributed by atoms with Crippen molar-refractivity contribution in [3.63, 3.8) is 0 Å². The van der Waals surface area contributed by atoms with E-state index in [-0.39, 0.29) is 28.2 Å². The molecular formula is C25H34N2O4. The SMILES string of the molecule is CC(C)(C)c1cc(/C=C2\C(=O)NC(=O)N(C3CCCCC3)C2=O)cc(C(C)(C)C)c1O. The second kappa shape index (κ2) is 8.13. The molecule has 1 saturated heterocycles. The van der Waals surface area contributed by atoms with Crippen molar-refractivity contribution < 1.29 is 19.5 Å². The Bertz CT molecular complexity index is 906. The highest BCUT2D eigenvalue weighted by atomic mass is 16.3. The van der Waals surface area contributed by atoms with E-state index >= 15 is 0 Å². The topological polar surface area (TPSA) is 86.7 Å². The predicted molar refractivity (Wildman–Crippen MR) is 121 cm³/mol. The maximum absolute atomic E-state index is 13.2. The molecule has 4 amide bonds. The van der Waals surface area contributed by atoms with Crippen LogP contribution in [-0.2, 0) is 20.4 Å². The fraction of sp³-hybridized carbons (Fsp3) is 0.560. The normalized spacial score (nSPS) is 20.4. The van der Waals surface area contributed by atoms with Crippen molar-refractivity contribution in [1.29, 1.82) is 0 Å². The molecule has 168 valence electrons. The van der Waals surface area contributed by atoms with E-state index in [9.17, 15) is 19.5 Å². The lowest BCUT2D eigenvalue weighted by atomic mass is 9.78. The molecule has 3 rings (SSSR count). The van der Waals surface area contributed by atoms with Crippen LogP contribution in [0.4, 0.5) is 4.79 Å². The lowest BCUT2D eigenvalue weighted by Crippen LogP contribution is -2.58. The first-order valence-corrected chi connectivity index (χ1v) is 11.1. The molecule has 0 bridgehead atoms. The Morgan fingerprint density at radius 3 is 1.94 bits per heavy atom. The fourth-order valence-corrected chi connectivity index (χ4v) is 4.39. The van der Waals surface area contributed by atoms with Crippen molar-refractivity contribution in [1.82, 2.24) is 10.2 Å². The van der Waals surface area contributed by atoms with E-state index in [0.717, 1.165) is 43.2 Å². The summed E-state index contributed by atoms with van der Waals surface area (Å²) in [4.78, 5) is 39.5. The molecule has 0 unspecified atom stereocenters. The molecule has 1 aliphatic heterocycles. The number of rotatable bonds is 2. The zero-order valence-electron chi connectivity index (χ0n) is 19.5. The first-order chi connectivity index (χ1) is 14.3. The van der Waals surface area contributed by atoms with Crippen LogP contribution >= 0.6 is 0 Å². The van der Waals surface area contributed by atoms with Crippen molar-refractivity contribution in [2.75, 3.05) is 0 Å². The standard InChI is InChI=1S/C25H34N2O4/c1-24(2,3)18-13-15(14-19(20(18)28)25(4,5)6)12-17-21(29)26-23(31)27(22(17)30)16-10-8-7-9-11-16/h12-14,16,28H,7-11H2,1-6H3,(H,26,29,31)/b17-12+. The van der Waals surface area contributed by atoms with Crippen LogP contribution in [0.2, 0.25) is 0 Å². The monoisotopic (exact) mass is 426 g/mol. The van der Waals surface area contributed by atoms with Gasteiger partial charge in [-0.1, -0.05) is 60.8 Å². The van der Waals surface area contributed by atoms with Crippen LogP contribution < -0.4 is 5.32 Å². The van der Waals surface area contributed by atoms with Gasteiger partial charge in [0.25, 0.3) is 11.8 Å². The number of phenolic OH excluding ortho intramolecular Hbond substituents is 1. The number of carbonyl (C=O) groups excluding carboxylic acids is 3. The minimum Gasteiger partial charge on any atom is -0.507 e. The van der Waals surface area contributed by atoms with Gasteiger partial charge in [-0.2, -0.15) is 0 Å². The number of aromatic hydroxyl groups is 1. The summed E-state index contributed by atoms with van der Waals surface area (Å²) >= 11 is 0. The minimum atomic E-state index is -0.676. The number of carbonyl (C=O) groups is 3. The number of benzene rings is 1. The summed E-state index contributed by atoms with van der Waals surface area (Å²) < 4.78 is 0. The van der Waals surface area contributed by atoms with Gasteiger partial charge in [-0.3, -0.25) is 19.8 Å². The molecule has 1 aromatic carbocycles. The summed E-state index contributed by atoms with van der Waals surface area (Å²) in [6, 6.07) is 2.84. The highest BCUT2D eigenvalue weighted by molar-refractivity contribution is 6.31. The largest absolute Gasteiger partial charge is 0.507 e. The van der Waals surface area contributed by atoms with Crippen molar-refractivity contribution >= 4 is 23.9 Å². The Balaban J connectivity index is 2.09. The summed E-state index contributed by atoms with van der Waals surface area (Å²) in [5.41, 5.74) is 1.44. The number of amides is 4. The zero-order chi connectivity index (χ0) is 23.1. The Labute approximate surface area is 184 Å². The number of hydrogen-bond donors (Lipinski definition) is 2. The zero-order valence-corrected chi connectivity index (χ0v) is 19.5. The summed E-state index contributed by atoms with van der Waals surface area (Å²) in [5, 5.41) is 13.3. The van der Waals surface area contributed by atoms with Crippen LogP contribution in [0, 0.1) is 0 Å². The van der Waals surface area contributed by atoms with Crippen molar-refractivity contribution in [3.05, 3.63) is 34.4 Å². The molecule has 1 saturated carbocycles. The molecule has 2 fully saturated rings. The van der Waals surface area contributed by atoms with Crippen LogP contribution in [0.25, 0.3) is 6.08 Å². The molecule has 31 heavy (non-hydrogen) atoms. The van der Waals surface area contributed by atoms with Crippen molar-refractivity contribution in [3.8, 4) is 5.75 Å². The van der Waals surface area contributed by atoms with Crippen LogP contribution in [-0.4, -0.2) is 33.9 Å². The highest BCUT2D eigenvalue weighted by Crippen LogP contribution is 2.40. The first-order valence-electron chi connectivity index (χ1n) is 11.1. The number of hydrogen-bond acceptors (Lipinski definition) is 4. The van der Waals surface area contributed by atoms with Crippen LogP contribution in [0.3, 0.4) is 0 Å². The second-order valence-electron chi connectivity index (χ2n) is 10.7. The molecule has 2 N–H and O–H groups in total.